The number of hydrogen-bond donors (Lipinski definition) is 0. The fraction of sp³-hybridized carbons (Fsp3) is 0.308. The van der Waals surface area contributed by atoms with Crippen LogP contribution in [-0.2, 0) is 11.2 Å². The van der Waals surface area contributed by atoms with Gasteiger partial charge in [-0.2, -0.15) is 0 Å². The van der Waals surface area contributed by atoms with Crippen LogP contribution in [0.2, 0.25) is 0 Å². The van der Waals surface area contributed by atoms with E-state index < -0.39 is 11.7 Å². The molecule has 166 valence electrons. The molecule has 2 aromatic carbocycles. The SMILES string of the molecule is CCCN(CC(=O)N1CCc2sccc2C1c1ccccc1C)C(=O)c1ccccc1F. The van der Waals surface area contributed by atoms with Crippen molar-refractivity contribution in [2.24, 2.45) is 0 Å². The van der Waals surface area contributed by atoms with Crippen molar-refractivity contribution in [1.29, 1.82) is 0 Å². The number of hydrogen-bond acceptors (Lipinski definition) is 3. The Hall–Kier alpha value is -2.99. The summed E-state index contributed by atoms with van der Waals surface area (Å²) in [4.78, 5) is 31.3. The van der Waals surface area contributed by atoms with Crippen LogP contribution in [0.25, 0.3) is 0 Å². The van der Waals surface area contributed by atoms with E-state index in [1.165, 1.54) is 21.9 Å². The first-order valence-electron chi connectivity index (χ1n) is 11.0. The Morgan fingerprint density at radius 2 is 1.84 bits per heavy atom. The lowest BCUT2D eigenvalue weighted by molar-refractivity contribution is -0.134. The highest BCUT2D eigenvalue weighted by atomic mass is 32.1. The number of nitrogens with zero attached hydrogens (tertiary/aromatic N) is 2. The molecule has 0 saturated carbocycles. The van der Waals surface area contributed by atoms with Gasteiger partial charge in [0.2, 0.25) is 5.91 Å². The molecule has 2 amide bonds. The summed E-state index contributed by atoms with van der Waals surface area (Å²) in [6.45, 7) is 4.93. The standard InChI is InChI=1S/C26H27FN2O2S/c1-3-14-28(26(31)20-10-6-7-11-22(20)27)17-24(30)29-15-12-23-21(13-16-32-23)25(29)19-9-5-4-8-18(19)2/h4-11,13,16,25H,3,12,14-15,17H2,1-2H3. The van der Waals surface area contributed by atoms with Crippen LogP contribution in [0.5, 0.6) is 0 Å². The number of carbonyl (C=O) groups excluding carboxylic acids is 2. The molecule has 0 aliphatic carbocycles. The first-order valence-corrected chi connectivity index (χ1v) is 11.8. The molecule has 0 N–H and O–H groups in total. The fourth-order valence-electron chi connectivity index (χ4n) is 4.40. The second-order valence-electron chi connectivity index (χ2n) is 8.10. The van der Waals surface area contributed by atoms with Crippen molar-refractivity contribution in [3.05, 3.63) is 92.9 Å². The smallest absolute Gasteiger partial charge is 0.257 e. The zero-order chi connectivity index (χ0) is 22.7. The predicted molar refractivity (Wildman–Crippen MR) is 125 cm³/mol. The number of fused-ring (bicyclic) bond motifs is 1. The van der Waals surface area contributed by atoms with E-state index in [-0.39, 0.29) is 24.1 Å². The van der Waals surface area contributed by atoms with E-state index in [1.54, 1.807) is 23.5 Å². The minimum absolute atomic E-state index is 0.00275. The lowest BCUT2D eigenvalue weighted by atomic mass is 9.90. The summed E-state index contributed by atoms with van der Waals surface area (Å²) >= 11 is 1.73. The highest BCUT2D eigenvalue weighted by Gasteiger charge is 2.34. The first-order chi connectivity index (χ1) is 15.5. The Bertz CT molecular complexity index is 1130. The van der Waals surface area contributed by atoms with E-state index in [2.05, 4.69) is 30.5 Å². The summed E-state index contributed by atoms with van der Waals surface area (Å²) in [5.74, 6) is -1.13. The molecule has 0 radical (unpaired) electrons. The Labute approximate surface area is 192 Å². The van der Waals surface area contributed by atoms with Crippen LogP contribution < -0.4 is 0 Å². The second-order valence-corrected chi connectivity index (χ2v) is 9.10. The van der Waals surface area contributed by atoms with Gasteiger partial charge < -0.3 is 9.80 Å². The average Bonchev–Trinajstić information content (AvgIpc) is 3.27. The quantitative estimate of drug-likeness (QED) is 0.516. The molecule has 0 spiro atoms. The van der Waals surface area contributed by atoms with Crippen LogP contribution in [0.15, 0.2) is 60.0 Å². The van der Waals surface area contributed by atoms with Crippen molar-refractivity contribution in [2.45, 2.75) is 32.7 Å². The second kappa shape index (κ2) is 9.65. The van der Waals surface area contributed by atoms with E-state index in [0.717, 1.165) is 23.1 Å². The largest absolute Gasteiger partial charge is 0.330 e. The molecule has 1 atom stereocenters. The molecule has 1 aliphatic heterocycles. The van der Waals surface area contributed by atoms with Gasteiger partial charge in [0.05, 0.1) is 11.6 Å². The molecular formula is C26H27FN2O2S. The van der Waals surface area contributed by atoms with E-state index >= 15 is 0 Å². The third-order valence-electron chi connectivity index (χ3n) is 5.98. The maximum absolute atomic E-state index is 14.2. The van der Waals surface area contributed by atoms with E-state index in [0.29, 0.717) is 19.5 Å². The maximum atomic E-state index is 14.2. The van der Waals surface area contributed by atoms with Gasteiger partial charge in [-0.25, -0.2) is 4.39 Å². The Morgan fingerprint density at radius 1 is 1.09 bits per heavy atom. The fourth-order valence-corrected chi connectivity index (χ4v) is 5.30. The minimum atomic E-state index is -0.565. The summed E-state index contributed by atoms with van der Waals surface area (Å²) in [5, 5.41) is 2.08. The van der Waals surface area contributed by atoms with Gasteiger partial charge in [0.1, 0.15) is 12.4 Å². The molecule has 0 bridgehead atoms. The molecule has 3 aromatic rings. The van der Waals surface area contributed by atoms with Gasteiger partial charge in [0.25, 0.3) is 5.91 Å². The van der Waals surface area contributed by atoms with Gasteiger partial charge in [-0.1, -0.05) is 43.3 Å². The third-order valence-corrected chi connectivity index (χ3v) is 6.98. The number of aryl methyl sites for hydroxylation is 1. The van der Waals surface area contributed by atoms with Crippen molar-refractivity contribution >= 4 is 23.2 Å². The molecule has 2 heterocycles. The molecular weight excluding hydrogens is 423 g/mol. The number of thiophene rings is 1. The zero-order valence-corrected chi connectivity index (χ0v) is 19.2. The van der Waals surface area contributed by atoms with E-state index in [9.17, 15) is 14.0 Å². The summed E-state index contributed by atoms with van der Waals surface area (Å²) in [6.07, 6.45) is 1.49. The van der Waals surface area contributed by atoms with Gasteiger partial charge in [-0.05, 0) is 60.0 Å². The van der Waals surface area contributed by atoms with Crippen molar-refractivity contribution in [3.8, 4) is 0 Å². The molecule has 1 aromatic heterocycles. The molecule has 32 heavy (non-hydrogen) atoms. The minimum Gasteiger partial charge on any atom is -0.330 e. The lowest BCUT2D eigenvalue weighted by Crippen LogP contribution is -2.47. The molecule has 1 unspecified atom stereocenters. The number of rotatable bonds is 6. The van der Waals surface area contributed by atoms with Crippen molar-refractivity contribution < 1.29 is 14.0 Å². The highest BCUT2D eigenvalue weighted by molar-refractivity contribution is 7.10. The van der Waals surface area contributed by atoms with E-state index in [4.69, 9.17) is 0 Å². The van der Waals surface area contributed by atoms with Crippen molar-refractivity contribution in [3.63, 3.8) is 0 Å². The Kier molecular flexibility index (Phi) is 6.70. The highest BCUT2D eigenvalue weighted by Crippen LogP contribution is 2.39. The zero-order valence-electron chi connectivity index (χ0n) is 18.4. The maximum Gasteiger partial charge on any atom is 0.257 e. The average molecular weight is 451 g/mol. The van der Waals surface area contributed by atoms with Crippen molar-refractivity contribution in [2.75, 3.05) is 19.6 Å². The van der Waals surface area contributed by atoms with Gasteiger partial charge in [0.15, 0.2) is 0 Å². The van der Waals surface area contributed by atoms with E-state index in [1.807, 2.05) is 24.0 Å². The van der Waals surface area contributed by atoms with Crippen molar-refractivity contribution in [1.82, 2.24) is 9.80 Å². The van der Waals surface area contributed by atoms with Gasteiger partial charge >= 0.3 is 0 Å². The summed E-state index contributed by atoms with van der Waals surface area (Å²) < 4.78 is 14.2. The topological polar surface area (TPSA) is 40.6 Å². The van der Waals surface area contributed by atoms with Crippen LogP contribution in [0, 0.1) is 12.7 Å². The summed E-state index contributed by atoms with van der Waals surface area (Å²) in [6, 6.07) is 16.0. The van der Waals surface area contributed by atoms with Gasteiger partial charge in [-0.3, -0.25) is 9.59 Å². The molecule has 4 nitrogen and oxygen atoms in total. The molecule has 6 heteroatoms. The lowest BCUT2D eigenvalue weighted by Gasteiger charge is -2.38. The summed E-state index contributed by atoms with van der Waals surface area (Å²) in [5.41, 5.74) is 3.39. The van der Waals surface area contributed by atoms with Crippen LogP contribution in [-0.4, -0.2) is 41.2 Å². The predicted octanol–water partition coefficient (Wildman–Crippen LogP) is 5.22. The van der Waals surface area contributed by atoms with Crippen LogP contribution in [0.4, 0.5) is 4.39 Å². The number of amides is 2. The summed E-state index contributed by atoms with van der Waals surface area (Å²) in [7, 11) is 0. The Balaban J connectivity index is 1.64. The Morgan fingerprint density at radius 3 is 2.59 bits per heavy atom. The molecule has 0 fully saturated rings. The van der Waals surface area contributed by atoms with Crippen LogP contribution in [0.3, 0.4) is 0 Å². The molecule has 4 rings (SSSR count). The van der Waals surface area contributed by atoms with Gasteiger partial charge in [-0.15, -0.1) is 11.3 Å². The number of benzene rings is 2. The number of carbonyl (C=O) groups is 2. The van der Waals surface area contributed by atoms with Gasteiger partial charge in [0, 0.05) is 18.0 Å². The molecule has 0 saturated heterocycles. The van der Waals surface area contributed by atoms with Crippen LogP contribution >= 0.6 is 11.3 Å². The molecule has 1 aliphatic rings. The van der Waals surface area contributed by atoms with Crippen LogP contribution in [0.1, 0.15) is 51.3 Å². The monoisotopic (exact) mass is 450 g/mol. The number of halogens is 1. The normalized spacial score (nSPS) is 15.3. The third kappa shape index (κ3) is 4.32. The first kappa shape index (κ1) is 22.2.